The molecule has 0 unspecified atom stereocenters. The van der Waals surface area contributed by atoms with E-state index in [1.165, 1.54) is 33.3 Å². The highest BCUT2D eigenvalue weighted by Crippen LogP contribution is 2.38. The third-order valence-corrected chi connectivity index (χ3v) is 11.3. The molecule has 2 aromatic carbocycles. The number of amides is 2. The third-order valence-electron chi connectivity index (χ3n) is 8.26. The summed E-state index contributed by atoms with van der Waals surface area (Å²) in [5, 5.41) is 3.56. The largest absolute Gasteiger partial charge is 0.378 e. The molecule has 3 aromatic rings. The molecule has 0 saturated carbocycles. The van der Waals surface area contributed by atoms with Gasteiger partial charge in [-0.05, 0) is 66.8 Å². The quantitative estimate of drug-likeness (QED) is 0.436. The van der Waals surface area contributed by atoms with Gasteiger partial charge in [-0.15, -0.1) is 11.3 Å². The fourth-order valence-corrected chi connectivity index (χ4v) is 8.68. The van der Waals surface area contributed by atoms with Gasteiger partial charge in [0, 0.05) is 49.7 Å². The number of carbonyl (C=O) groups excluding carboxylic acids is 2. The van der Waals surface area contributed by atoms with Crippen LogP contribution in [0.2, 0.25) is 0 Å². The number of fused-ring (bicyclic) bond motifs is 2. The number of nitrogens with zero attached hydrogens (tertiary/aromatic N) is 3. The average Bonchev–Trinajstić information content (AvgIpc) is 3.37. The zero-order chi connectivity index (χ0) is 29.3. The van der Waals surface area contributed by atoms with E-state index in [4.69, 9.17) is 4.74 Å². The van der Waals surface area contributed by atoms with Crippen LogP contribution in [0, 0.1) is 0 Å². The molecule has 3 aliphatic heterocycles. The number of thiophene rings is 1. The van der Waals surface area contributed by atoms with Gasteiger partial charge in [-0.25, -0.2) is 8.42 Å². The van der Waals surface area contributed by atoms with Crippen LogP contribution in [0.25, 0.3) is 0 Å². The van der Waals surface area contributed by atoms with Crippen LogP contribution in [0.15, 0.2) is 53.4 Å². The van der Waals surface area contributed by atoms with E-state index in [0.29, 0.717) is 61.9 Å². The lowest BCUT2D eigenvalue weighted by molar-refractivity contribution is 0.0302. The van der Waals surface area contributed by atoms with Crippen molar-refractivity contribution in [3.63, 3.8) is 0 Å². The number of hydrogen-bond donors (Lipinski definition) is 1. The van der Waals surface area contributed by atoms with Crippen molar-refractivity contribution in [2.45, 2.75) is 44.2 Å². The molecule has 1 saturated heterocycles. The first-order valence-corrected chi connectivity index (χ1v) is 16.8. The normalized spacial score (nSPS) is 17.9. The van der Waals surface area contributed by atoms with Crippen LogP contribution in [0.3, 0.4) is 0 Å². The molecule has 4 heterocycles. The van der Waals surface area contributed by atoms with Gasteiger partial charge >= 0.3 is 0 Å². The number of nitrogens with one attached hydrogen (secondary N) is 1. The average molecular weight is 609 g/mol. The number of benzene rings is 2. The van der Waals surface area contributed by atoms with Crippen LogP contribution >= 0.6 is 11.3 Å². The maximum absolute atomic E-state index is 13.7. The van der Waals surface area contributed by atoms with Gasteiger partial charge in [0.25, 0.3) is 11.8 Å². The fourth-order valence-electron chi connectivity index (χ4n) is 5.98. The Morgan fingerprint density at radius 3 is 2.40 bits per heavy atom. The molecule has 2 amide bonds. The summed E-state index contributed by atoms with van der Waals surface area (Å²) in [7, 11) is -3.71. The van der Waals surface area contributed by atoms with Gasteiger partial charge in [0.1, 0.15) is 5.00 Å². The van der Waals surface area contributed by atoms with Gasteiger partial charge in [-0.2, -0.15) is 4.31 Å². The van der Waals surface area contributed by atoms with Crippen LogP contribution in [0.1, 0.15) is 55.6 Å². The second kappa shape index (κ2) is 12.3. The summed E-state index contributed by atoms with van der Waals surface area (Å²) in [5.41, 5.74) is 4.15. The van der Waals surface area contributed by atoms with E-state index in [1.807, 2.05) is 24.3 Å². The molecule has 11 heteroatoms. The molecule has 0 bridgehead atoms. The molecule has 0 atom stereocenters. The molecule has 6 rings (SSSR count). The Kier molecular flexibility index (Phi) is 8.46. The van der Waals surface area contributed by atoms with Crippen molar-refractivity contribution in [2.24, 2.45) is 0 Å². The third kappa shape index (κ3) is 5.76. The van der Waals surface area contributed by atoms with Gasteiger partial charge in [0.05, 0.1) is 23.7 Å². The van der Waals surface area contributed by atoms with Crippen molar-refractivity contribution in [3.8, 4) is 0 Å². The zero-order valence-electron chi connectivity index (χ0n) is 23.8. The maximum Gasteiger partial charge on any atom is 0.257 e. The number of morpholine rings is 1. The Labute approximate surface area is 251 Å². The van der Waals surface area contributed by atoms with Crippen molar-refractivity contribution in [3.05, 3.63) is 81.2 Å². The summed E-state index contributed by atoms with van der Waals surface area (Å²) >= 11 is 1.47. The Morgan fingerprint density at radius 2 is 1.67 bits per heavy atom. The monoisotopic (exact) mass is 608 g/mol. The van der Waals surface area contributed by atoms with E-state index >= 15 is 0 Å². The van der Waals surface area contributed by atoms with Crippen LogP contribution < -0.4 is 5.32 Å². The number of rotatable bonds is 7. The van der Waals surface area contributed by atoms with Crippen molar-refractivity contribution in [1.82, 2.24) is 14.1 Å². The predicted molar refractivity (Wildman–Crippen MR) is 162 cm³/mol. The molecule has 42 heavy (non-hydrogen) atoms. The first-order chi connectivity index (χ1) is 20.3. The molecule has 3 aliphatic rings. The van der Waals surface area contributed by atoms with E-state index in [1.54, 1.807) is 17.0 Å². The van der Waals surface area contributed by atoms with Crippen molar-refractivity contribution >= 4 is 38.2 Å². The van der Waals surface area contributed by atoms with Crippen molar-refractivity contribution in [2.75, 3.05) is 51.3 Å². The molecule has 222 valence electrons. The highest BCUT2D eigenvalue weighted by molar-refractivity contribution is 7.89. The summed E-state index contributed by atoms with van der Waals surface area (Å²) in [5.74, 6) is -0.439. The van der Waals surface area contributed by atoms with E-state index in [9.17, 15) is 18.0 Å². The maximum atomic E-state index is 13.7. The highest BCUT2D eigenvalue weighted by atomic mass is 32.2. The summed E-state index contributed by atoms with van der Waals surface area (Å²) < 4.78 is 33.7. The van der Waals surface area contributed by atoms with Crippen LogP contribution in [0.4, 0.5) is 5.00 Å². The molecule has 0 spiro atoms. The zero-order valence-corrected chi connectivity index (χ0v) is 25.4. The number of sulfonamides is 1. The molecule has 1 fully saturated rings. The SMILES string of the molecule is CCCN1CCc2c(sc(NC(=O)c3ccc(S(=O)(=O)N4CCc5ccccc5C4)cc3)c2C(=O)N2CCOCC2)C1. The van der Waals surface area contributed by atoms with Crippen LogP contribution in [0.5, 0.6) is 0 Å². The van der Waals surface area contributed by atoms with E-state index in [2.05, 4.69) is 17.1 Å². The van der Waals surface area contributed by atoms with Crippen molar-refractivity contribution < 1.29 is 22.7 Å². The van der Waals surface area contributed by atoms with Gasteiger partial charge in [0.15, 0.2) is 0 Å². The summed E-state index contributed by atoms with van der Waals surface area (Å²) in [6, 6.07) is 14.0. The van der Waals surface area contributed by atoms with Gasteiger partial charge in [-0.3, -0.25) is 14.5 Å². The number of carbonyl (C=O) groups is 2. The number of ether oxygens (including phenoxy) is 1. The van der Waals surface area contributed by atoms with E-state index < -0.39 is 10.0 Å². The minimum atomic E-state index is -3.71. The summed E-state index contributed by atoms with van der Waals surface area (Å²) in [6.45, 7) is 7.60. The van der Waals surface area contributed by atoms with E-state index in [0.717, 1.165) is 48.5 Å². The molecule has 1 N–H and O–H groups in total. The molecule has 9 nitrogen and oxygen atoms in total. The summed E-state index contributed by atoms with van der Waals surface area (Å²) in [6.07, 6.45) is 2.49. The van der Waals surface area contributed by atoms with Gasteiger partial charge in [-0.1, -0.05) is 31.2 Å². The summed E-state index contributed by atoms with van der Waals surface area (Å²) in [4.78, 5) is 32.6. The molecular weight excluding hydrogens is 572 g/mol. The predicted octanol–water partition coefficient (Wildman–Crippen LogP) is 3.99. The smallest absolute Gasteiger partial charge is 0.257 e. The topological polar surface area (TPSA) is 99.3 Å². The molecule has 0 radical (unpaired) electrons. The van der Waals surface area contributed by atoms with Gasteiger partial charge < -0.3 is 15.0 Å². The fraction of sp³-hybridized carbons (Fsp3) is 0.419. The lowest BCUT2D eigenvalue weighted by atomic mass is 10.0. The molecule has 1 aromatic heterocycles. The Morgan fingerprint density at radius 1 is 0.929 bits per heavy atom. The molecule has 0 aliphatic carbocycles. The van der Waals surface area contributed by atoms with Crippen LogP contribution in [-0.4, -0.2) is 80.3 Å². The Hall–Kier alpha value is -3.09. The minimum Gasteiger partial charge on any atom is -0.378 e. The highest BCUT2D eigenvalue weighted by Gasteiger charge is 2.32. The second-order valence-electron chi connectivity index (χ2n) is 11.0. The lowest BCUT2D eigenvalue weighted by Crippen LogP contribution is -2.41. The Balaban J connectivity index is 1.22. The minimum absolute atomic E-state index is 0.0698. The lowest BCUT2D eigenvalue weighted by Gasteiger charge is -2.29. The number of hydrogen-bond acceptors (Lipinski definition) is 7. The Bertz CT molecular complexity index is 1580. The van der Waals surface area contributed by atoms with Gasteiger partial charge in [0.2, 0.25) is 10.0 Å². The first kappa shape index (κ1) is 29.0. The number of anilines is 1. The van der Waals surface area contributed by atoms with E-state index in [-0.39, 0.29) is 16.7 Å². The first-order valence-electron chi connectivity index (χ1n) is 14.6. The second-order valence-corrected chi connectivity index (χ2v) is 14.0. The van der Waals surface area contributed by atoms with Crippen molar-refractivity contribution in [1.29, 1.82) is 0 Å². The van der Waals surface area contributed by atoms with Crippen LogP contribution in [-0.2, 0) is 40.7 Å². The standard InChI is InChI=1S/C31H36N4O5S2/c1-2-13-33-14-12-26-27(21-33)41-30(28(26)31(37)34-16-18-40-19-17-34)32-29(36)23-7-9-25(10-8-23)42(38,39)35-15-11-22-5-3-4-6-24(22)20-35/h3-10H,2,11-21H2,1H3,(H,32,36). The molecular formula is C31H36N4O5S2.